The highest BCUT2D eigenvalue weighted by atomic mass is 79.9. The first-order valence-corrected chi connectivity index (χ1v) is 10.1. The summed E-state index contributed by atoms with van der Waals surface area (Å²) in [6.07, 6.45) is 4.85. The van der Waals surface area contributed by atoms with Crippen LogP contribution in [-0.4, -0.2) is 37.2 Å². The van der Waals surface area contributed by atoms with Crippen molar-refractivity contribution in [2.75, 3.05) is 18.4 Å². The molecule has 21 heavy (non-hydrogen) atoms. The Morgan fingerprint density at radius 2 is 1.71 bits per heavy atom. The van der Waals surface area contributed by atoms with Crippen LogP contribution in [0.3, 0.4) is 0 Å². The summed E-state index contributed by atoms with van der Waals surface area (Å²) >= 11 is 3.42. The molecule has 6 heteroatoms. The molecule has 1 N–H and O–H groups in total. The first-order valence-electron chi connectivity index (χ1n) is 7.49. The molecule has 0 radical (unpaired) electrons. The molecule has 4 nitrogen and oxygen atoms in total. The van der Waals surface area contributed by atoms with Crippen molar-refractivity contribution in [3.63, 3.8) is 0 Å². The van der Waals surface area contributed by atoms with Gasteiger partial charge in [0.05, 0.1) is 0 Å². The van der Waals surface area contributed by atoms with Gasteiger partial charge < -0.3 is 0 Å². The standard InChI is InChI=1S/C15H23BrN2O2S/c16-13-15(12-14-8-4-3-5-9-14)17-21(19,20)18-10-6-1-2-7-11-18/h3-5,8-9,15,17H,1-2,6-7,10-13H2. The van der Waals surface area contributed by atoms with E-state index in [-0.39, 0.29) is 6.04 Å². The molecule has 1 atom stereocenters. The summed E-state index contributed by atoms with van der Waals surface area (Å²) in [5.41, 5.74) is 1.14. The molecule has 1 aliphatic rings. The summed E-state index contributed by atoms with van der Waals surface area (Å²) in [6.45, 7) is 1.27. The smallest absolute Gasteiger partial charge is 0.198 e. The van der Waals surface area contributed by atoms with Crippen molar-refractivity contribution in [1.29, 1.82) is 0 Å². The van der Waals surface area contributed by atoms with Gasteiger partial charge >= 0.3 is 0 Å². The minimum atomic E-state index is -3.38. The molecule has 1 aliphatic heterocycles. The van der Waals surface area contributed by atoms with Crippen molar-refractivity contribution < 1.29 is 8.42 Å². The number of rotatable bonds is 6. The summed E-state index contributed by atoms with van der Waals surface area (Å²) in [7, 11) is -3.38. The average Bonchev–Trinajstić information content (AvgIpc) is 2.77. The molecule has 0 bridgehead atoms. The molecule has 0 saturated carbocycles. The highest BCUT2D eigenvalue weighted by molar-refractivity contribution is 9.09. The maximum Gasteiger partial charge on any atom is 0.279 e. The minimum Gasteiger partial charge on any atom is -0.198 e. The fourth-order valence-electron chi connectivity index (χ4n) is 2.59. The van der Waals surface area contributed by atoms with E-state index in [1.807, 2.05) is 30.3 Å². The molecule has 0 amide bonds. The van der Waals surface area contributed by atoms with Gasteiger partial charge in [-0.25, -0.2) is 0 Å². The van der Waals surface area contributed by atoms with Crippen molar-refractivity contribution in [2.24, 2.45) is 0 Å². The molecule has 2 rings (SSSR count). The van der Waals surface area contributed by atoms with E-state index in [4.69, 9.17) is 0 Å². The van der Waals surface area contributed by atoms with Gasteiger partial charge in [-0.15, -0.1) is 0 Å². The fourth-order valence-corrected chi connectivity index (χ4v) is 4.67. The van der Waals surface area contributed by atoms with E-state index in [2.05, 4.69) is 20.7 Å². The predicted octanol–water partition coefficient (Wildman–Crippen LogP) is 2.70. The molecule has 1 saturated heterocycles. The summed E-state index contributed by atoms with van der Waals surface area (Å²) in [5, 5.41) is 0.606. The van der Waals surface area contributed by atoms with E-state index in [1.165, 1.54) is 0 Å². The van der Waals surface area contributed by atoms with Gasteiger partial charge in [-0.1, -0.05) is 59.1 Å². The third kappa shape index (κ3) is 5.36. The van der Waals surface area contributed by atoms with Gasteiger partial charge in [0.15, 0.2) is 0 Å². The van der Waals surface area contributed by atoms with E-state index < -0.39 is 10.2 Å². The highest BCUT2D eigenvalue weighted by Gasteiger charge is 2.25. The van der Waals surface area contributed by atoms with E-state index in [0.29, 0.717) is 24.8 Å². The monoisotopic (exact) mass is 374 g/mol. The largest absolute Gasteiger partial charge is 0.279 e. The Morgan fingerprint density at radius 3 is 2.29 bits per heavy atom. The first-order chi connectivity index (χ1) is 10.1. The quantitative estimate of drug-likeness (QED) is 0.778. The van der Waals surface area contributed by atoms with E-state index in [1.54, 1.807) is 4.31 Å². The SMILES string of the molecule is O=S(=O)(NC(CBr)Cc1ccccc1)N1CCCCCC1. The van der Waals surface area contributed by atoms with Crippen LogP contribution >= 0.6 is 15.9 Å². The third-order valence-electron chi connectivity index (χ3n) is 3.73. The van der Waals surface area contributed by atoms with E-state index in [0.717, 1.165) is 31.2 Å². The van der Waals surface area contributed by atoms with Crippen LogP contribution in [-0.2, 0) is 16.6 Å². The van der Waals surface area contributed by atoms with Gasteiger partial charge in [-0.3, -0.25) is 0 Å². The number of halogens is 1. The Bertz CT molecular complexity index is 514. The van der Waals surface area contributed by atoms with Crippen LogP contribution in [0.25, 0.3) is 0 Å². The van der Waals surface area contributed by atoms with Gasteiger partial charge in [-0.05, 0) is 24.8 Å². The normalized spacial score (nSPS) is 19.1. The number of nitrogens with one attached hydrogen (secondary N) is 1. The zero-order chi connectivity index (χ0) is 15.1. The van der Waals surface area contributed by atoms with Crippen LogP contribution in [0.5, 0.6) is 0 Å². The molecule has 1 unspecified atom stereocenters. The second kappa shape index (κ2) is 8.27. The molecular formula is C15H23BrN2O2S. The van der Waals surface area contributed by atoms with Crippen molar-refractivity contribution >= 4 is 26.1 Å². The van der Waals surface area contributed by atoms with Gasteiger partial charge in [-0.2, -0.15) is 17.4 Å². The van der Waals surface area contributed by atoms with Crippen LogP contribution in [0.15, 0.2) is 30.3 Å². The summed E-state index contributed by atoms with van der Waals surface area (Å²) in [4.78, 5) is 0. The van der Waals surface area contributed by atoms with Crippen LogP contribution in [0.4, 0.5) is 0 Å². The Kier molecular flexibility index (Phi) is 6.67. The summed E-state index contributed by atoms with van der Waals surface area (Å²) < 4.78 is 29.4. The zero-order valence-electron chi connectivity index (χ0n) is 12.2. The number of hydrogen-bond donors (Lipinski definition) is 1. The lowest BCUT2D eigenvalue weighted by Gasteiger charge is -2.24. The Hall–Kier alpha value is -0.430. The number of hydrogen-bond acceptors (Lipinski definition) is 2. The topological polar surface area (TPSA) is 49.4 Å². The highest BCUT2D eigenvalue weighted by Crippen LogP contribution is 2.14. The average molecular weight is 375 g/mol. The number of alkyl halides is 1. The first kappa shape index (κ1) is 16.9. The predicted molar refractivity (Wildman–Crippen MR) is 89.8 cm³/mol. The minimum absolute atomic E-state index is 0.124. The molecule has 1 heterocycles. The van der Waals surface area contributed by atoms with Crippen LogP contribution in [0, 0.1) is 0 Å². The molecule has 1 fully saturated rings. The summed E-state index contributed by atoms with van der Waals surface area (Å²) in [6, 6.07) is 9.84. The zero-order valence-corrected chi connectivity index (χ0v) is 14.6. The molecule has 0 spiro atoms. The van der Waals surface area contributed by atoms with E-state index >= 15 is 0 Å². The lowest BCUT2D eigenvalue weighted by atomic mass is 10.1. The molecule has 0 aliphatic carbocycles. The molecule has 118 valence electrons. The second-order valence-electron chi connectivity index (χ2n) is 5.48. The van der Waals surface area contributed by atoms with Gasteiger partial charge in [0.1, 0.15) is 0 Å². The lowest BCUT2D eigenvalue weighted by Crippen LogP contribution is -2.47. The van der Waals surface area contributed by atoms with Crippen LogP contribution < -0.4 is 4.72 Å². The maximum absolute atomic E-state index is 12.5. The van der Waals surface area contributed by atoms with Gasteiger partial charge in [0.2, 0.25) is 0 Å². The van der Waals surface area contributed by atoms with Crippen molar-refractivity contribution in [2.45, 2.75) is 38.1 Å². The fraction of sp³-hybridized carbons (Fsp3) is 0.600. The summed E-state index contributed by atoms with van der Waals surface area (Å²) in [5.74, 6) is 0. The molecule has 1 aromatic carbocycles. The maximum atomic E-state index is 12.5. The number of benzene rings is 1. The lowest BCUT2D eigenvalue weighted by molar-refractivity contribution is 0.409. The Morgan fingerprint density at radius 1 is 1.10 bits per heavy atom. The second-order valence-corrected chi connectivity index (χ2v) is 7.83. The van der Waals surface area contributed by atoms with Crippen molar-refractivity contribution in [1.82, 2.24) is 9.03 Å². The van der Waals surface area contributed by atoms with E-state index in [9.17, 15) is 8.42 Å². The van der Waals surface area contributed by atoms with Gasteiger partial charge in [0.25, 0.3) is 10.2 Å². The number of nitrogens with zero attached hydrogens (tertiary/aromatic N) is 1. The van der Waals surface area contributed by atoms with Crippen LogP contribution in [0.2, 0.25) is 0 Å². The molecule has 0 aromatic heterocycles. The molecule has 1 aromatic rings. The van der Waals surface area contributed by atoms with Crippen molar-refractivity contribution in [3.8, 4) is 0 Å². The Balaban J connectivity index is 1.99. The van der Waals surface area contributed by atoms with Gasteiger partial charge in [0, 0.05) is 24.5 Å². The molecular weight excluding hydrogens is 352 g/mol. The van der Waals surface area contributed by atoms with Crippen molar-refractivity contribution in [3.05, 3.63) is 35.9 Å². The Labute approximate surface area is 136 Å². The third-order valence-corrected chi connectivity index (χ3v) is 6.19. The van der Waals surface area contributed by atoms with Crippen LogP contribution in [0.1, 0.15) is 31.2 Å².